The van der Waals surface area contributed by atoms with E-state index >= 15 is 0 Å². The highest BCUT2D eigenvalue weighted by Crippen LogP contribution is 2.34. The average molecular weight is 1070 g/mol. The van der Waals surface area contributed by atoms with Crippen molar-refractivity contribution in [3.05, 3.63) is 141 Å². The van der Waals surface area contributed by atoms with E-state index in [1.165, 1.54) is 36.3 Å². The first-order valence-corrected chi connectivity index (χ1v) is 25.7. The van der Waals surface area contributed by atoms with Crippen LogP contribution in [0.25, 0.3) is 11.6 Å². The Morgan fingerprint density at radius 1 is 0.675 bits per heavy atom. The summed E-state index contributed by atoms with van der Waals surface area (Å²) in [7, 11) is 1.76. The molecule has 0 saturated carbocycles. The van der Waals surface area contributed by atoms with Crippen LogP contribution in [-0.4, -0.2) is 113 Å². The Hall–Kier alpha value is -8.28. The summed E-state index contributed by atoms with van der Waals surface area (Å²) >= 11 is 1.52. The molecule has 9 rings (SSSR count). The first-order valence-electron chi connectivity index (χ1n) is 24.9. The topological polar surface area (TPSA) is 232 Å². The fourth-order valence-electron chi connectivity index (χ4n) is 8.20. The quantitative estimate of drug-likeness (QED) is 0.0528. The molecule has 0 unspecified atom stereocenters. The van der Waals surface area contributed by atoms with E-state index in [0.717, 1.165) is 103 Å². The number of amides is 2. The van der Waals surface area contributed by atoms with Gasteiger partial charge in [0.1, 0.15) is 41.7 Å². The third kappa shape index (κ3) is 14.2. The molecule has 1 fully saturated rings. The molecule has 2 amide bonds. The summed E-state index contributed by atoms with van der Waals surface area (Å²) in [5.74, 6) is 0.262. The number of carbonyl (C=O) groups excluding carboxylic acids is 2. The number of ether oxygens (including phenoxy) is 1. The van der Waals surface area contributed by atoms with Crippen LogP contribution in [0.1, 0.15) is 87.1 Å². The van der Waals surface area contributed by atoms with Crippen molar-refractivity contribution in [2.75, 3.05) is 78.3 Å². The lowest BCUT2D eigenvalue weighted by atomic mass is 9.94. The molecule has 0 spiro atoms. The molecule has 77 heavy (non-hydrogen) atoms. The molecule has 20 nitrogen and oxygen atoms in total. The average Bonchev–Trinajstić information content (AvgIpc) is 4.11. The highest BCUT2D eigenvalue weighted by atomic mass is 32.1. The molecule has 0 atom stereocenters. The molecule has 23 heteroatoms. The van der Waals surface area contributed by atoms with E-state index in [4.69, 9.17) is 4.74 Å². The van der Waals surface area contributed by atoms with Gasteiger partial charge in [-0.2, -0.15) is 19.6 Å². The summed E-state index contributed by atoms with van der Waals surface area (Å²) in [6, 6.07) is 20.5. The van der Waals surface area contributed by atoms with Crippen LogP contribution < -0.4 is 31.9 Å². The van der Waals surface area contributed by atoms with E-state index < -0.39 is 11.8 Å². The van der Waals surface area contributed by atoms with E-state index in [1.54, 1.807) is 40.7 Å². The second-order valence-corrected chi connectivity index (χ2v) is 20.5. The van der Waals surface area contributed by atoms with Gasteiger partial charge >= 0.3 is 0 Å². The van der Waals surface area contributed by atoms with Crippen molar-refractivity contribution in [3.8, 4) is 11.6 Å². The van der Waals surface area contributed by atoms with Gasteiger partial charge in [0.05, 0.1) is 30.3 Å². The van der Waals surface area contributed by atoms with E-state index in [0.29, 0.717) is 45.2 Å². The van der Waals surface area contributed by atoms with Crippen molar-refractivity contribution >= 4 is 68.7 Å². The van der Waals surface area contributed by atoms with Gasteiger partial charge in [0.15, 0.2) is 16.8 Å². The van der Waals surface area contributed by atoms with Crippen molar-refractivity contribution in [1.82, 2.24) is 54.4 Å². The largest absolute Gasteiger partial charge is 0.379 e. The van der Waals surface area contributed by atoms with Gasteiger partial charge in [-0.1, -0.05) is 32.9 Å². The number of halogens is 2. The number of alkyl halides is 2. The molecule has 6 N–H and O–H groups in total. The summed E-state index contributed by atoms with van der Waals surface area (Å²) in [5, 5.41) is 28.5. The van der Waals surface area contributed by atoms with E-state index in [1.807, 2.05) is 71.0 Å². The second kappa shape index (κ2) is 23.7. The highest BCUT2D eigenvalue weighted by Gasteiger charge is 2.26. The summed E-state index contributed by atoms with van der Waals surface area (Å²) in [5.41, 5.74) is 6.48. The lowest BCUT2D eigenvalue weighted by Crippen LogP contribution is -2.39. The Morgan fingerprint density at radius 2 is 1.23 bits per heavy atom. The fraction of sp³-hybridized carbons (Fsp3) is 0.333. The number of hydrogen-bond acceptors (Lipinski definition) is 17. The lowest BCUT2D eigenvalue weighted by molar-refractivity contribution is 0.0174. The number of pyridine rings is 1. The molecule has 2 aromatic carbocycles. The Labute approximate surface area is 449 Å². The molecule has 402 valence electrons. The van der Waals surface area contributed by atoms with Crippen molar-refractivity contribution in [3.63, 3.8) is 0 Å². The molecule has 0 radical (unpaired) electrons. The molecule has 6 aromatic heterocycles. The lowest BCUT2D eigenvalue weighted by Gasteiger charge is -2.26. The van der Waals surface area contributed by atoms with Gasteiger partial charge in [-0.15, -0.1) is 11.3 Å². The number of carbonyl (C=O) groups is 2. The number of benzene rings is 2. The molecule has 1 saturated heterocycles. The zero-order chi connectivity index (χ0) is 55.0. The third-order valence-electron chi connectivity index (χ3n) is 12.2. The predicted octanol–water partition coefficient (Wildman–Crippen LogP) is 9.90. The van der Waals surface area contributed by atoms with Gasteiger partial charge in [0.25, 0.3) is 17.7 Å². The maximum atomic E-state index is 13.6. The minimum atomic E-state index is -3.04. The molecular weight excluding hydrogens is 1000 g/mol. The number of hydrogen-bond donors (Lipinski definition) is 6. The van der Waals surface area contributed by atoms with Crippen molar-refractivity contribution in [2.24, 2.45) is 0 Å². The Bertz CT molecular complexity index is 3380. The second-order valence-electron chi connectivity index (χ2n) is 19.5. The van der Waals surface area contributed by atoms with E-state index in [9.17, 15) is 18.4 Å². The van der Waals surface area contributed by atoms with Crippen LogP contribution in [-0.2, 0) is 16.1 Å². The molecule has 0 bridgehead atoms. The highest BCUT2D eigenvalue weighted by molar-refractivity contribution is 7.16. The van der Waals surface area contributed by atoms with Crippen LogP contribution in [0.2, 0.25) is 0 Å². The van der Waals surface area contributed by atoms with Gasteiger partial charge in [-0.05, 0) is 87.6 Å². The summed E-state index contributed by atoms with van der Waals surface area (Å²) in [6.45, 7) is 22.0. The smallest absolute Gasteiger partial charge is 0.270 e. The molecule has 1 aliphatic heterocycles. The number of aromatic nitrogens is 10. The van der Waals surface area contributed by atoms with Crippen LogP contribution in [0.5, 0.6) is 0 Å². The first kappa shape index (κ1) is 55.0. The van der Waals surface area contributed by atoms with Gasteiger partial charge in [0, 0.05) is 104 Å². The minimum absolute atomic E-state index is 0.0316. The Morgan fingerprint density at radius 3 is 1.78 bits per heavy atom. The van der Waals surface area contributed by atoms with Crippen molar-refractivity contribution in [2.45, 2.75) is 73.7 Å². The van der Waals surface area contributed by atoms with Crippen LogP contribution in [0.4, 0.5) is 54.4 Å². The Balaban J connectivity index is 0.000000207. The van der Waals surface area contributed by atoms with Gasteiger partial charge < -0.3 is 31.3 Å². The zero-order valence-corrected chi connectivity index (χ0v) is 45.5. The number of thiazole rings is 1. The van der Waals surface area contributed by atoms with Gasteiger partial charge in [0.2, 0.25) is 0 Å². The molecule has 0 aliphatic carbocycles. The maximum absolute atomic E-state index is 13.6. The van der Waals surface area contributed by atoms with Crippen LogP contribution >= 0.6 is 11.3 Å². The number of nitrogens with zero attached hydrogens (tertiary/aromatic N) is 11. The standard InChI is InChI=1S/C30H39N9O2S.C24H24F2N8O/c1-19-7-8-22(28(40)36-29-34-21(3)27(42-29)30(4,5)6)16-23(19)35-26-15-20(2)37-39(26)25-17-24(32-18-33-25)31-9-10-38-11-13-41-14-12-38;1-14-5-6-16(23(35)32-20-11-17(7-8-28-20)24(3,25)26)10-18(14)31-22-9-15(2)33-34(22)21-12-19(27-4)29-13-30-21/h7-8,15-18,35H,9-14H2,1-6H3,(H,31,32,33)(H,34,36,40);5-13,31H,1-4H3,(H,27,29,30)(H,28,32,35). The van der Waals surface area contributed by atoms with Crippen LogP contribution in [0.3, 0.4) is 0 Å². The number of rotatable bonds is 16. The molecule has 1 aliphatic rings. The monoisotopic (exact) mass is 1070 g/mol. The number of aryl methyl sites for hydroxylation is 5. The predicted molar refractivity (Wildman–Crippen MR) is 297 cm³/mol. The van der Waals surface area contributed by atoms with Crippen molar-refractivity contribution < 1.29 is 23.1 Å². The zero-order valence-electron chi connectivity index (χ0n) is 44.7. The summed E-state index contributed by atoms with van der Waals surface area (Å²) in [4.78, 5) is 55.4. The Kier molecular flexibility index (Phi) is 16.9. The summed E-state index contributed by atoms with van der Waals surface area (Å²) < 4.78 is 36.1. The molecule has 7 heterocycles. The number of morpholine rings is 1. The van der Waals surface area contributed by atoms with Crippen molar-refractivity contribution in [1.29, 1.82) is 0 Å². The van der Waals surface area contributed by atoms with Gasteiger partial charge in [-0.3, -0.25) is 19.8 Å². The van der Waals surface area contributed by atoms with Crippen LogP contribution in [0, 0.1) is 34.6 Å². The number of anilines is 8. The van der Waals surface area contributed by atoms with Crippen LogP contribution in [0.15, 0.2) is 91.6 Å². The number of nitrogens with one attached hydrogen (secondary N) is 6. The first-order chi connectivity index (χ1) is 36.7. The third-order valence-corrected chi connectivity index (χ3v) is 13.7. The summed E-state index contributed by atoms with van der Waals surface area (Å²) in [6.07, 6.45) is 4.21. The minimum Gasteiger partial charge on any atom is -0.379 e. The van der Waals surface area contributed by atoms with E-state index in [2.05, 4.69) is 97.7 Å². The molecular formula is C54H63F2N17O3S. The normalized spacial score (nSPS) is 12.8. The SMILES string of the molecule is CNc1cc(-n2nc(C)cc2Nc2cc(C(=O)Nc3cc(C(C)(F)F)ccn3)ccc2C)ncn1.Cc1cc(Nc2cc(C(=O)Nc3nc(C)c(C(C)(C)C)s3)ccc2C)n(-c2cc(NCCN3CCOCC3)ncn2)n1. The molecule has 8 aromatic rings. The maximum Gasteiger partial charge on any atom is 0.270 e. The van der Waals surface area contributed by atoms with E-state index in [-0.39, 0.29) is 22.7 Å². The fourth-order valence-corrected chi connectivity index (χ4v) is 9.22. The van der Waals surface area contributed by atoms with Gasteiger partial charge in [-0.25, -0.2) is 38.7 Å².